The van der Waals surface area contributed by atoms with Crippen molar-refractivity contribution in [1.29, 1.82) is 0 Å². The predicted molar refractivity (Wildman–Crippen MR) is 40.7 cm³/mol. The Labute approximate surface area is 66.9 Å². The maximum Gasteiger partial charge on any atom is 0.284 e. The zero-order valence-corrected chi connectivity index (χ0v) is 6.18. The van der Waals surface area contributed by atoms with Crippen LogP contribution in [0.25, 0.3) is 0 Å². The first-order chi connectivity index (χ1) is 5.38. The molecule has 0 bridgehead atoms. The molecule has 1 aromatic heterocycles. The van der Waals surface area contributed by atoms with E-state index < -0.39 is 0 Å². The van der Waals surface area contributed by atoms with Crippen LogP contribution in [-0.4, -0.2) is 15.9 Å². The number of fused-ring (bicyclic) bond motifs is 1. The fourth-order valence-electron chi connectivity index (χ4n) is 0.747. The molecule has 56 valence electrons. The minimum Gasteiger partial charge on any atom is -0.294 e. The molecule has 1 aliphatic rings. The number of nitrogens with one attached hydrogen (secondary N) is 2. The standard InChI is InChI=1S/C5H4N4OS/c10-5-3-4(8-11-9-5)7-2-1-6-3/h1-2H,(H,7,8)(H,9,10). The molecule has 0 aromatic carbocycles. The lowest BCUT2D eigenvalue weighted by Gasteiger charge is -2.13. The van der Waals surface area contributed by atoms with Crippen molar-refractivity contribution in [3.63, 3.8) is 0 Å². The SMILES string of the molecule is O=C1NSNc2nccnc21. The van der Waals surface area contributed by atoms with E-state index >= 15 is 0 Å². The molecule has 6 heteroatoms. The van der Waals surface area contributed by atoms with Crippen molar-refractivity contribution in [2.45, 2.75) is 0 Å². The van der Waals surface area contributed by atoms with E-state index in [-0.39, 0.29) is 5.91 Å². The molecule has 0 unspecified atom stereocenters. The van der Waals surface area contributed by atoms with Gasteiger partial charge in [-0.15, -0.1) is 0 Å². The maximum atomic E-state index is 11.0. The van der Waals surface area contributed by atoms with Gasteiger partial charge in [0.1, 0.15) is 0 Å². The van der Waals surface area contributed by atoms with Gasteiger partial charge in [-0.2, -0.15) is 0 Å². The molecule has 11 heavy (non-hydrogen) atoms. The van der Waals surface area contributed by atoms with E-state index in [2.05, 4.69) is 19.4 Å². The molecular weight excluding hydrogens is 164 g/mol. The van der Waals surface area contributed by atoms with Crippen molar-refractivity contribution in [3.05, 3.63) is 18.1 Å². The van der Waals surface area contributed by atoms with Crippen molar-refractivity contribution in [2.75, 3.05) is 4.72 Å². The Kier molecular flexibility index (Phi) is 1.39. The zero-order valence-electron chi connectivity index (χ0n) is 5.37. The normalized spacial score (nSPS) is 14.7. The number of carbonyl (C=O) groups excluding carboxylic acids is 1. The lowest BCUT2D eigenvalue weighted by molar-refractivity contribution is 0.0979. The summed E-state index contributed by atoms with van der Waals surface area (Å²) in [7, 11) is 0. The largest absolute Gasteiger partial charge is 0.294 e. The van der Waals surface area contributed by atoms with E-state index in [9.17, 15) is 4.79 Å². The third kappa shape index (κ3) is 1.01. The lowest BCUT2D eigenvalue weighted by atomic mass is 10.4. The summed E-state index contributed by atoms with van der Waals surface area (Å²) in [6.45, 7) is 0. The molecule has 0 fully saturated rings. The zero-order chi connectivity index (χ0) is 7.68. The van der Waals surface area contributed by atoms with Crippen LogP contribution in [0.15, 0.2) is 12.4 Å². The van der Waals surface area contributed by atoms with Crippen LogP contribution in [0, 0.1) is 0 Å². The highest BCUT2D eigenvalue weighted by Gasteiger charge is 2.18. The van der Waals surface area contributed by atoms with Crippen LogP contribution in [0.1, 0.15) is 10.5 Å². The molecule has 2 N–H and O–H groups in total. The average Bonchev–Trinajstić information content (AvgIpc) is 2.06. The number of rotatable bonds is 0. The lowest BCUT2D eigenvalue weighted by Crippen LogP contribution is -2.25. The first kappa shape index (κ1) is 6.41. The van der Waals surface area contributed by atoms with Gasteiger partial charge in [0.05, 0.1) is 12.1 Å². The van der Waals surface area contributed by atoms with E-state index in [1.807, 2.05) is 0 Å². The Hall–Kier alpha value is -1.30. The van der Waals surface area contributed by atoms with Crippen LogP contribution < -0.4 is 9.44 Å². The van der Waals surface area contributed by atoms with Crippen molar-refractivity contribution >= 4 is 23.9 Å². The Morgan fingerprint density at radius 1 is 1.27 bits per heavy atom. The van der Waals surface area contributed by atoms with Crippen molar-refractivity contribution in [1.82, 2.24) is 14.7 Å². The quantitative estimate of drug-likeness (QED) is 0.541. The van der Waals surface area contributed by atoms with Crippen LogP contribution in [0.3, 0.4) is 0 Å². The second-order valence-electron chi connectivity index (χ2n) is 1.89. The molecule has 0 radical (unpaired) electrons. The van der Waals surface area contributed by atoms with Crippen molar-refractivity contribution in [2.24, 2.45) is 0 Å². The Morgan fingerprint density at radius 2 is 2.09 bits per heavy atom. The highest BCUT2D eigenvalue weighted by Crippen LogP contribution is 2.16. The number of aromatic nitrogens is 2. The molecule has 1 aromatic rings. The van der Waals surface area contributed by atoms with E-state index in [1.54, 1.807) is 0 Å². The molecule has 1 aliphatic heterocycles. The van der Waals surface area contributed by atoms with Crippen molar-refractivity contribution < 1.29 is 4.79 Å². The summed E-state index contributed by atoms with van der Waals surface area (Å²) in [5, 5.41) is 0. The summed E-state index contributed by atoms with van der Waals surface area (Å²) < 4.78 is 5.31. The molecular formula is C5H4N4OS. The number of hydrogen-bond acceptors (Lipinski definition) is 5. The molecule has 2 heterocycles. The van der Waals surface area contributed by atoms with Gasteiger partial charge < -0.3 is 0 Å². The van der Waals surface area contributed by atoms with Gasteiger partial charge in [0, 0.05) is 12.4 Å². The Morgan fingerprint density at radius 3 is 2.91 bits per heavy atom. The van der Waals surface area contributed by atoms with Gasteiger partial charge in [0.25, 0.3) is 5.91 Å². The van der Waals surface area contributed by atoms with Gasteiger partial charge in [0.15, 0.2) is 11.5 Å². The fourth-order valence-corrected chi connectivity index (χ4v) is 1.23. The number of carbonyl (C=O) groups is 1. The first-order valence-corrected chi connectivity index (χ1v) is 3.73. The summed E-state index contributed by atoms with van der Waals surface area (Å²) >= 11 is 1.09. The topological polar surface area (TPSA) is 66.9 Å². The Bertz CT molecular complexity index is 302. The van der Waals surface area contributed by atoms with E-state index in [4.69, 9.17) is 0 Å². The van der Waals surface area contributed by atoms with E-state index in [0.29, 0.717) is 11.5 Å². The van der Waals surface area contributed by atoms with Gasteiger partial charge in [-0.25, -0.2) is 9.97 Å². The third-order valence-corrected chi connectivity index (χ3v) is 1.79. The fraction of sp³-hybridized carbons (Fsp3) is 0. The predicted octanol–water partition coefficient (Wildman–Crippen LogP) is 0.195. The van der Waals surface area contributed by atoms with Crippen LogP contribution in [0.2, 0.25) is 0 Å². The highest BCUT2D eigenvalue weighted by molar-refractivity contribution is 7.99. The number of hydrogen-bond donors (Lipinski definition) is 2. The summed E-state index contributed by atoms with van der Waals surface area (Å²) in [4.78, 5) is 18.8. The summed E-state index contributed by atoms with van der Waals surface area (Å²) in [6, 6.07) is 0. The summed E-state index contributed by atoms with van der Waals surface area (Å²) in [5.41, 5.74) is 0.339. The van der Waals surface area contributed by atoms with Crippen molar-refractivity contribution in [3.8, 4) is 0 Å². The second kappa shape index (κ2) is 2.39. The number of anilines is 1. The molecule has 0 saturated heterocycles. The monoisotopic (exact) mass is 168 g/mol. The Balaban J connectivity index is 2.52. The van der Waals surface area contributed by atoms with Crippen LogP contribution >= 0.6 is 12.1 Å². The summed E-state index contributed by atoms with van der Waals surface area (Å²) in [5.74, 6) is 0.304. The maximum absolute atomic E-state index is 11.0. The van der Waals surface area contributed by atoms with E-state index in [1.165, 1.54) is 12.4 Å². The molecule has 1 amide bonds. The number of amides is 1. The summed E-state index contributed by atoms with van der Waals surface area (Å²) in [6.07, 6.45) is 3.01. The van der Waals surface area contributed by atoms with Gasteiger partial charge in [-0.3, -0.25) is 14.2 Å². The molecule has 0 atom stereocenters. The minimum atomic E-state index is -0.211. The minimum absolute atomic E-state index is 0.211. The number of nitrogens with zero attached hydrogens (tertiary/aromatic N) is 2. The molecule has 0 spiro atoms. The molecule has 0 saturated carbocycles. The smallest absolute Gasteiger partial charge is 0.284 e. The van der Waals surface area contributed by atoms with E-state index in [0.717, 1.165) is 12.1 Å². The molecule has 2 rings (SSSR count). The molecule has 5 nitrogen and oxygen atoms in total. The average molecular weight is 168 g/mol. The van der Waals surface area contributed by atoms with Gasteiger partial charge >= 0.3 is 0 Å². The van der Waals surface area contributed by atoms with Crippen LogP contribution in [-0.2, 0) is 0 Å². The first-order valence-electron chi connectivity index (χ1n) is 2.91. The van der Waals surface area contributed by atoms with Gasteiger partial charge in [-0.1, -0.05) is 0 Å². The van der Waals surface area contributed by atoms with Gasteiger partial charge in [-0.05, 0) is 0 Å². The second-order valence-corrected chi connectivity index (χ2v) is 2.50. The third-order valence-electron chi connectivity index (χ3n) is 1.20. The van der Waals surface area contributed by atoms with Crippen LogP contribution in [0.5, 0.6) is 0 Å². The van der Waals surface area contributed by atoms with Gasteiger partial charge in [0.2, 0.25) is 0 Å². The van der Waals surface area contributed by atoms with Crippen LogP contribution in [0.4, 0.5) is 5.82 Å². The molecule has 0 aliphatic carbocycles. The highest BCUT2D eigenvalue weighted by atomic mass is 32.2.